The van der Waals surface area contributed by atoms with E-state index in [1.807, 2.05) is 18.2 Å². The standard InChI is InChI=1S/C24H18FN/c1-2-3-18-4-6-19(7-5-18)8-9-20-12-15-23(24(25)16-20)22-13-10-21(17-26)11-14-22/h4-7,10-16H,2-3H2,1H3. The number of benzene rings is 3. The second kappa shape index (κ2) is 8.15. The minimum Gasteiger partial charge on any atom is -0.206 e. The summed E-state index contributed by atoms with van der Waals surface area (Å²) < 4.78 is 14.4. The number of halogens is 1. The smallest absolute Gasteiger partial charge is 0.132 e. The van der Waals surface area contributed by atoms with Gasteiger partial charge >= 0.3 is 0 Å². The van der Waals surface area contributed by atoms with Crippen LogP contribution in [0.25, 0.3) is 11.1 Å². The molecule has 0 unspecified atom stereocenters. The quantitative estimate of drug-likeness (QED) is 0.560. The lowest BCUT2D eigenvalue weighted by atomic mass is 10.0. The topological polar surface area (TPSA) is 23.8 Å². The molecule has 0 spiro atoms. The first-order valence-corrected chi connectivity index (χ1v) is 8.60. The van der Waals surface area contributed by atoms with Gasteiger partial charge in [0.1, 0.15) is 5.82 Å². The Bertz CT molecular complexity index is 997. The van der Waals surface area contributed by atoms with Gasteiger partial charge in [-0.2, -0.15) is 5.26 Å². The molecule has 0 aliphatic carbocycles. The molecule has 0 fully saturated rings. The van der Waals surface area contributed by atoms with Gasteiger partial charge in [0.2, 0.25) is 0 Å². The zero-order valence-corrected chi connectivity index (χ0v) is 14.6. The van der Waals surface area contributed by atoms with Gasteiger partial charge in [-0.3, -0.25) is 0 Å². The number of nitriles is 1. The lowest BCUT2D eigenvalue weighted by Crippen LogP contribution is -1.87. The zero-order chi connectivity index (χ0) is 18.4. The van der Waals surface area contributed by atoms with Crippen molar-refractivity contribution in [2.75, 3.05) is 0 Å². The minimum atomic E-state index is -0.320. The monoisotopic (exact) mass is 339 g/mol. The lowest BCUT2D eigenvalue weighted by molar-refractivity contribution is 0.631. The second-order valence-corrected chi connectivity index (χ2v) is 6.08. The molecule has 3 aromatic rings. The van der Waals surface area contributed by atoms with Crippen LogP contribution in [0, 0.1) is 29.0 Å². The Hall–Kier alpha value is -3.36. The van der Waals surface area contributed by atoms with Gasteiger partial charge in [-0.1, -0.05) is 55.5 Å². The van der Waals surface area contributed by atoms with Crippen molar-refractivity contribution in [3.05, 3.63) is 94.8 Å². The molecule has 0 aromatic heterocycles. The molecule has 0 bridgehead atoms. The highest BCUT2D eigenvalue weighted by Crippen LogP contribution is 2.24. The lowest BCUT2D eigenvalue weighted by Gasteiger charge is -2.04. The van der Waals surface area contributed by atoms with Crippen LogP contribution in [0.3, 0.4) is 0 Å². The predicted octanol–water partition coefficient (Wildman–Crippen LogP) is 5.72. The summed E-state index contributed by atoms with van der Waals surface area (Å²) in [5.74, 6) is 5.78. The van der Waals surface area contributed by atoms with Crippen molar-refractivity contribution >= 4 is 0 Å². The van der Waals surface area contributed by atoms with Crippen LogP contribution in [0.5, 0.6) is 0 Å². The van der Waals surface area contributed by atoms with Crippen molar-refractivity contribution in [2.24, 2.45) is 0 Å². The van der Waals surface area contributed by atoms with Crippen molar-refractivity contribution in [2.45, 2.75) is 19.8 Å². The summed E-state index contributed by atoms with van der Waals surface area (Å²) in [7, 11) is 0. The van der Waals surface area contributed by atoms with Crippen LogP contribution < -0.4 is 0 Å². The normalized spacial score (nSPS) is 9.88. The van der Waals surface area contributed by atoms with Crippen LogP contribution in [0.1, 0.15) is 35.6 Å². The molecule has 26 heavy (non-hydrogen) atoms. The maximum Gasteiger partial charge on any atom is 0.132 e. The second-order valence-electron chi connectivity index (χ2n) is 6.08. The van der Waals surface area contributed by atoms with Crippen LogP contribution in [0.15, 0.2) is 66.7 Å². The summed E-state index contributed by atoms with van der Waals surface area (Å²) in [5.41, 5.74) is 4.66. The van der Waals surface area contributed by atoms with Gasteiger partial charge < -0.3 is 0 Å². The number of aryl methyl sites for hydroxylation is 1. The van der Waals surface area contributed by atoms with Crippen molar-refractivity contribution in [3.63, 3.8) is 0 Å². The van der Waals surface area contributed by atoms with Crippen LogP contribution >= 0.6 is 0 Å². The van der Waals surface area contributed by atoms with Crippen LogP contribution in [-0.4, -0.2) is 0 Å². The molecule has 126 valence electrons. The van der Waals surface area contributed by atoms with Crippen LogP contribution in [0.4, 0.5) is 4.39 Å². The Morgan fingerprint density at radius 1 is 0.808 bits per heavy atom. The molecule has 0 aliphatic heterocycles. The number of nitrogens with zero attached hydrogens (tertiary/aromatic N) is 1. The van der Waals surface area contributed by atoms with E-state index >= 15 is 0 Å². The van der Waals surface area contributed by atoms with E-state index in [2.05, 4.69) is 37.0 Å². The molecule has 0 saturated heterocycles. The summed E-state index contributed by atoms with van der Waals surface area (Å²) in [6, 6.07) is 22.1. The molecule has 0 saturated carbocycles. The summed E-state index contributed by atoms with van der Waals surface area (Å²) >= 11 is 0. The van der Waals surface area contributed by atoms with Gasteiger partial charge in [-0.15, -0.1) is 0 Å². The summed E-state index contributed by atoms with van der Waals surface area (Å²) in [6.45, 7) is 2.16. The van der Waals surface area contributed by atoms with Gasteiger partial charge in [-0.25, -0.2) is 4.39 Å². The van der Waals surface area contributed by atoms with Gasteiger partial charge in [-0.05, 0) is 53.9 Å². The van der Waals surface area contributed by atoms with E-state index in [0.29, 0.717) is 16.7 Å². The van der Waals surface area contributed by atoms with Crippen LogP contribution in [0.2, 0.25) is 0 Å². The van der Waals surface area contributed by atoms with E-state index in [0.717, 1.165) is 24.0 Å². The Labute approximate surface area is 153 Å². The fraction of sp³-hybridized carbons (Fsp3) is 0.125. The fourth-order valence-electron chi connectivity index (χ4n) is 2.74. The molecule has 0 atom stereocenters. The number of hydrogen-bond donors (Lipinski definition) is 0. The Morgan fingerprint density at radius 2 is 1.42 bits per heavy atom. The molecule has 3 aromatic carbocycles. The van der Waals surface area contributed by atoms with Crippen molar-refractivity contribution in [3.8, 4) is 29.0 Å². The highest BCUT2D eigenvalue weighted by Gasteiger charge is 2.05. The maximum atomic E-state index is 14.4. The Kier molecular flexibility index (Phi) is 5.47. The molecule has 2 heteroatoms. The van der Waals surface area contributed by atoms with Crippen molar-refractivity contribution in [1.29, 1.82) is 5.26 Å². The molecule has 0 heterocycles. The molecule has 0 N–H and O–H groups in total. The predicted molar refractivity (Wildman–Crippen MR) is 103 cm³/mol. The summed E-state index contributed by atoms with van der Waals surface area (Å²) in [4.78, 5) is 0. The largest absolute Gasteiger partial charge is 0.206 e. The average Bonchev–Trinajstić information content (AvgIpc) is 2.68. The molecule has 1 nitrogen and oxygen atoms in total. The first kappa shape index (κ1) is 17.5. The third-order valence-electron chi connectivity index (χ3n) is 4.14. The molecule has 0 amide bonds. The SMILES string of the molecule is CCCc1ccc(C#Cc2ccc(-c3ccc(C#N)cc3)c(F)c2)cc1. The van der Waals surface area contributed by atoms with E-state index in [4.69, 9.17) is 5.26 Å². The molecular weight excluding hydrogens is 321 g/mol. The van der Waals surface area contributed by atoms with Gasteiger partial charge in [0.25, 0.3) is 0 Å². The number of hydrogen-bond acceptors (Lipinski definition) is 1. The third-order valence-corrected chi connectivity index (χ3v) is 4.14. The average molecular weight is 339 g/mol. The van der Waals surface area contributed by atoms with Gasteiger partial charge in [0.15, 0.2) is 0 Å². The Morgan fingerprint density at radius 3 is 2.04 bits per heavy atom. The maximum absolute atomic E-state index is 14.4. The van der Waals surface area contributed by atoms with Crippen LogP contribution in [-0.2, 0) is 6.42 Å². The molecule has 0 radical (unpaired) electrons. The molecule has 0 aliphatic rings. The van der Waals surface area contributed by atoms with Gasteiger partial charge in [0, 0.05) is 16.7 Å². The highest BCUT2D eigenvalue weighted by molar-refractivity contribution is 5.66. The fourth-order valence-corrected chi connectivity index (χ4v) is 2.74. The highest BCUT2D eigenvalue weighted by atomic mass is 19.1. The van der Waals surface area contributed by atoms with E-state index in [-0.39, 0.29) is 5.82 Å². The molecular formula is C24H18FN. The van der Waals surface area contributed by atoms with Gasteiger partial charge in [0.05, 0.1) is 11.6 Å². The molecule has 3 rings (SSSR count). The van der Waals surface area contributed by atoms with Crippen molar-refractivity contribution in [1.82, 2.24) is 0 Å². The minimum absolute atomic E-state index is 0.320. The Balaban J connectivity index is 1.80. The van der Waals surface area contributed by atoms with E-state index in [9.17, 15) is 4.39 Å². The van der Waals surface area contributed by atoms with E-state index in [1.165, 1.54) is 11.6 Å². The third kappa shape index (κ3) is 4.18. The van der Waals surface area contributed by atoms with E-state index < -0.39 is 0 Å². The summed E-state index contributed by atoms with van der Waals surface area (Å²) in [5, 5.41) is 8.85. The number of rotatable bonds is 3. The summed E-state index contributed by atoms with van der Waals surface area (Å²) in [6.07, 6.45) is 2.19. The first-order valence-electron chi connectivity index (χ1n) is 8.60. The zero-order valence-electron chi connectivity index (χ0n) is 14.6. The first-order chi connectivity index (χ1) is 12.7. The van der Waals surface area contributed by atoms with Crippen molar-refractivity contribution < 1.29 is 4.39 Å². The van der Waals surface area contributed by atoms with E-state index in [1.54, 1.807) is 30.3 Å².